The first-order valence-electron chi connectivity index (χ1n) is 21.2. The highest BCUT2D eigenvalue weighted by molar-refractivity contribution is 6.12. The number of nitrogens with zero attached hydrogens (tertiary/aromatic N) is 4. The van der Waals surface area contributed by atoms with E-state index in [1.54, 1.807) is 0 Å². The second-order valence-corrected chi connectivity index (χ2v) is 16.3. The van der Waals surface area contributed by atoms with E-state index in [-0.39, 0.29) is 5.92 Å². The smallest absolute Gasteiger partial charge is 0.164 e. The number of aromatic nitrogens is 4. The van der Waals surface area contributed by atoms with E-state index in [1.807, 2.05) is 48.5 Å². The van der Waals surface area contributed by atoms with Crippen molar-refractivity contribution in [1.82, 2.24) is 19.5 Å². The molecule has 0 amide bonds. The van der Waals surface area contributed by atoms with E-state index in [9.17, 15) is 0 Å². The third-order valence-corrected chi connectivity index (χ3v) is 12.8. The first-order valence-corrected chi connectivity index (χ1v) is 21.2. The van der Waals surface area contributed by atoms with Gasteiger partial charge in [-0.3, -0.25) is 0 Å². The van der Waals surface area contributed by atoms with Crippen molar-refractivity contribution >= 4 is 60.5 Å². The van der Waals surface area contributed by atoms with Crippen LogP contribution in [0, 0.1) is 5.92 Å². The molecule has 2 aliphatic rings. The zero-order valence-corrected chi connectivity index (χ0v) is 33.5. The van der Waals surface area contributed by atoms with Crippen LogP contribution in [0.2, 0.25) is 0 Å². The van der Waals surface area contributed by atoms with Gasteiger partial charge in [-0.15, -0.1) is 0 Å². The Hall–Kier alpha value is -8.15. The zero-order valence-electron chi connectivity index (χ0n) is 33.5. The van der Waals surface area contributed by atoms with Gasteiger partial charge in [-0.1, -0.05) is 152 Å². The first kappa shape index (κ1) is 34.7. The maximum atomic E-state index is 6.33. The van der Waals surface area contributed by atoms with Gasteiger partial charge in [-0.2, -0.15) is 0 Å². The molecule has 0 aliphatic heterocycles. The summed E-state index contributed by atoms with van der Waals surface area (Å²) in [5, 5.41) is 8.13. The van der Waals surface area contributed by atoms with Crippen LogP contribution in [0.25, 0.3) is 111 Å². The molecule has 0 N–H and O–H groups in total. The Balaban J connectivity index is 1.08. The molecule has 5 heteroatoms. The molecule has 3 heterocycles. The highest BCUT2D eigenvalue weighted by Gasteiger charge is 2.31. The highest BCUT2D eigenvalue weighted by atomic mass is 16.3. The molecule has 0 saturated heterocycles. The molecule has 0 saturated carbocycles. The van der Waals surface area contributed by atoms with Gasteiger partial charge in [0.25, 0.3) is 0 Å². The lowest BCUT2D eigenvalue weighted by Crippen LogP contribution is -2.14. The topological polar surface area (TPSA) is 56.7 Å². The summed E-state index contributed by atoms with van der Waals surface area (Å²) in [7, 11) is 0. The molecule has 290 valence electrons. The number of fused-ring (bicyclic) bond motifs is 10. The van der Waals surface area contributed by atoms with Crippen LogP contribution in [0.3, 0.4) is 0 Å². The summed E-state index contributed by atoms with van der Waals surface area (Å²) in [4.78, 5) is 15.7. The van der Waals surface area contributed by atoms with Crippen LogP contribution >= 0.6 is 0 Å². The molecule has 2 atom stereocenters. The number of para-hydroxylation sites is 1. The van der Waals surface area contributed by atoms with Crippen molar-refractivity contribution in [3.63, 3.8) is 0 Å². The monoisotopic (exact) mass is 792 g/mol. The van der Waals surface area contributed by atoms with E-state index >= 15 is 0 Å². The minimum Gasteiger partial charge on any atom is -0.456 e. The van der Waals surface area contributed by atoms with Crippen LogP contribution in [0.4, 0.5) is 0 Å². The molecule has 5 nitrogen and oxygen atoms in total. The lowest BCUT2D eigenvalue weighted by atomic mass is 9.78. The second-order valence-electron chi connectivity index (χ2n) is 16.3. The molecule has 0 bridgehead atoms. The summed E-state index contributed by atoms with van der Waals surface area (Å²) in [5.41, 5.74) is 11.4. The Morgan fingerprint density at radius 3 is 2.02 bits per heavy atom. The van der Waals surface area contributed by atoms with Gasteiger partial charge in [-0.05, 0) is 87.3 Å². The van der Waals surface area contributed by atoms with Gasteiger partial charge in [-0.25, -0.2) is 15.0 Å². The molecule has 2 aliphatic carbocycles. The Morgan fingerprint density at radius 1 is 0.452 bits per heavy atom. The highest BCUT2D eigenvalue weighted by Crippen LogP contribution is 2.47. The van der Waals surface area contributed by atoms with Gasteiger partial charge >= 0.3 is 0 Å². The number of hydrogen-bond acceptors (Lipinski definition) is 4. The average Bonchev–Trinajstić information content (AvgIpc) is 3.88. The van der Waals surface area contributed by atoms with Gasteiger partial charge in [0.2, 0.25) is 0 Å². The molecule has 62 heavy (non-hydrogen) atoms. The molecule has 13 rings (SSSR count). The van der Waals surface area contributed by atoms with Crippen molar-refractivity contribution in [2.24, 2.45) is 5.92 Å². The summed E-state index contributed by atoms with van der Waals surface area (Å²) in [5.74, 6) is 2.35. The number of rotatable bonds is 5. The van der Waals surface area contributed by atoms with Gasteiger partial charge < -0.3 is 8.98 Å². The van der Waals surface area contributed by atoms with Crippen LogP contribution < -0.4 is 0 Å². The van der Waals surface area contributed by atoms with E-state index in [1.165, 1.54) is 43.7 Å². The molecule has 0 radical (unpaired) electrons. The number of furan rings is 1. The van der Waals surface area contributed by atoms with E-state index in [0.29, 0.717) is 23.4 Å². The molecule has 3 aromatic heterocycles. The number of hydrogen-bond donors (Lipinski definition) is 0. The van der Waals surface area contributed by atoms with E-state index in [2.05, 4.69) is 162 Å². The molecule has 11 aromatic rings. The standard InChI is InChI=1S/C57H36N4O/c1-2-15-37(16-3-1)55-58-56(60-57(59-55)45-22-12-24-52-54(45)44-21-10-11-23-51(44)62-52)42-28-29-48(46(33-42)41-26-25-35-13-4-5-17-38(35)31-41)61-49-30-27-36-14-8-9-20-43(36)53(49)47-32-39-18-6-7-19-40(39)34-50(47)61/h1-34,36,43H. The minimum absolute atomic E-state index is 0.241. The minimum atomic E-state index is 0.241. The predicted octanol–water partition coefficient (Wildman–Crippen LogP) is 14.5. The lowest BCUT2D eigenvalue weighted by Gasteiger charge is -2.26. The second kappa shape index (κ2) is 13.7. The Labute approximate surface area is 357 Å². The quantitative estimate of drug-likeness (QED) is 0.174. The molecule has 0 spiro atoms. The van der Waals surface area contributed by atoms with Crippen molar-refractivity contribution in [2.45, 2.75) is 5.92 Å². The maximum Gasteiger partial charge on any atom is 0.164 e. The third kappa shape index (κ3) is 5.45. The van der Waals surface area contributed by atoms with Crippen molar-refractivity contribution in [2.75, 3.05) is 0 Å². The molecule has 0 fully saturated rings. The third-order valence-electron chi connectivity index (χ3n) is 12.8. The van der Waals surface area contributed by atoms with Crippen LogP contribution in [-0.4, -0.2) is 19.5 Å². The Kier molecular flexibility index (Phi) is 7.66. The van der Waals surface area contributed by atoms with Crippen molar-refractivity contribution in [3.8, 4) is 51.0 Å². The SMILES string of the molecule is C1=CC2C=Cc3c(c4cc5ccccc5cc4n3-c3ccc(-c4nc(-c5ccccc5)nc(-c5cccc6oc7ccccc7c56)n4)cc3-c3ccc4ccccc4c3)C2C=C1. The number of benzene rings is 8. The van der Waals surface area contributed by atoms with Crippen LogP contribution in [0.1, 0.15) is 17.2 Å². The fraction of sp³-hybridized carbons (Fsp3) is 0.0351. The van der Waals surface area contributed by atoms with Gasteiger partial charge in [0.05, 0.1) is 16.9 Å². The largest absolute Gasteiger partial charge is 0.456 e. The molecular weight excluding hydrogens is 757 g/mol. The molecule has 2 unspecified atom stereocenters. The van der Waals surface area contributed by atoms with Crippen molar-refractivity contribution < 1.29 is 4.42 Å². The Bertz CT molecular complexity index is 3720. The van der Waals surface area contributed by atoms with Crippen molar-refractivity contribution in [1.29, 1.82) is 0 Å². The summed E-state index contributed by atoms with van der Waals surface area (Å²) in [6, 6.07) is 60.0. The first-order chi connectivity index (χ1) is 30.7. The van der Waals surface area contributed by atoms with E-state index < -0.39 is 0 Å². The van der Waals surface area contributed by atoms with E-state index in [0.717, 1.165) is 55.4 Å². The fourth-order valence-corrected chi connectivity index (χ4v) is 9.85. The zero-order chi connectivity index (χ0) is 40.7. The van der Waals surface area contributed by atoms with Crippen molar-refractivity contribution in [3.05, 3.63) is 211 Å². The fourth-order valence-electron chi connectivity index (χ4n) is 9.85. The van der Waals surface area contributed by atoms with Crippen LogP contribution in [-0.2, 0) is 0 Å². The maximum absolute atomic E-state index is 6.33. The normalized spacial score (nSPS) is 15.5. The molecule has 8 aromatic carbocycles. The number of allylic oxidation sites excluding steroid dienone is 5. The predicted molar refractivity (Wildman–Crippen MR) is 254 cm³/mol. The summed E-state index contributed by atoms with van der Waals surface area (Å²) < 4.78 is 8.82. The van der Waals surface area contributed by atoms with Gasteiger partial charge in [0.1, 0.15) is 11.2 Å². The summed E-state index contributed by atoms with van der Waals surface area (Å²) in [6.07, 6.45) is 13.8. The van der Waals surface area contributed by atoms with Crippen LogP contribution in [0.15, 0.2) is 205 Å². The summed E-state index contributed by atoms with van der Waals surface area (Å²) in [6.45, 7) is 0. The molecular formula is C57H36N4O. The van der Waals surface area contributed by atoms with E-state index in [4.69, 9.17) is 19.4 Å². The van der Waals surface area contributed by atoms with Gasteiger partial charge in [0.15, 0.2) is 17.5 Å². The summed E-state index contributed by atoms with van der Waals surface area (Å²) >= 11 is 0. The van der Waals surface area contributed by atoms with Crippen LogP contribution in [0.5, 0.6) is 0 Å². The average molecular weight is 793 g/mol. The lowest BCUT2D eigenvalue weighted by molar-refractivity contribution is 0.669. The Morgan fingerprint density at radius 2 is 1.15 bits per heavy atom. The van der Waals surface area contributed by atoms with Gasteiger partial charge in [0, 0.05) is 50.2 Å².